The van der Waals surface area contributed by atoms with Crippen molar-refractivity contribution in [3.8, 4) is 5.75 Å². The van der Waals surface area contributed by atoms with Crippen LogP contribution in [0.4, 0.5) is 10.5 Å². The van der Waals surface area contributed by atoms with E-state index in [4.69, 9.17) is 9.15 Å². The molecule has 34 heavy (non-hydrogen) atoms. The molecule has 2 N–H and O–H groups in total. The van der Waals surface area contributed by atoms with Crippen molar-refractivity contribution in [3.05, 3.63) is 71.8 Å². The summed E-state index contributed by atoms with van der Waals surface area (Å²) >= 11 is 0. The van der Waals surface area contributed by atoms with Crippen LogP contribution in [0, 0.1) is 6.92 Å². The number of amides is 4. The molecule has 8 heteroatoms. The van der Waals surface area contributed by atoms with Crippen LogP contribution in [0.2, 0.25) is 0 Å². The first-order chi connectivity index (χ1) is 16.3. The zero-order valence-corrected chi connectivity index (χ0v) is 19.0. The van der Waals surface area contributed by atoms with Crippen LogP contribution >= 0.6 is 0 Å². The lowest BCUT2D eigenvalue weighted by Gasteiger charge is -2.22. The van der Waals surface area contributed by atoms with Crippen molar-refractivity contribution in [1.29, 1.82) is 0 Å². The van der Waals surface area contributed by atoms with Crippen molar-refractivity contribution < 1.29 is 23.5 Å². The van der Waals surface area contributed by atoms with Gasteiger partial charge in [-0.1, -0.05) is 48.0 Å². The van der Waals surface area contributed by atoms with Crippen molar-refractivity contribution in [2.24, 2.45) is 0 Å². The molecule has 3 aromatic carbocycles. The van der Waals surface area contributed by atoms with Crippen LogP contribution in [-0.4, -0.2) is 36.4 Å². The van der Waals surface area contributed by atoms with Crippen molar-refractivity contribution in [2.75, 3.05) is 19.0 Å². The molecule has 1 unspecified atom stereocenters. The number of ether oxygens (including phenoxy) is 1. The third-order valence-corrected chi connectivity index (χ3v) is 6.18. The topological polar surface area (TPSA) is 101 Å². The Hall–Kier alpha value is -4.33. The molecule has 0 spiro atoms. The van der Waals surface area contributed by atoms with Gasteiger partial charge in [-0.2, -0.15) is 0 Å². The van der Waals surface area contributed by atoms with Gasteiger partial charge in [0.2, 0.25) is 5.91 Å². The van der Waals surface area contributed by atoms with Gasteiger partial charge in [0.15, 0.2) is 0 Å². The molecule has 1 atom stereocenters. The molecule has 5 rings (SSSR count). The van der Waals surface area contributed by atoms with Crippen molar-refractivity contribution in [1.82, 2.24) is 10.2 Å². The van der Waals surface area contributed by atoms with E-state index in [1.54, 1.807) is 31.2 Å². The van der Waals surface area contributed by atoms with Crippen LogP contribution in [-0.2, 0) is 15.1 Å². The van der Waals surface area contributed by atoms with Crippen LogP contribution in [0.5, 0.6) is 5.75 Å². The fraction of sp³-hybridized carbons (Fsp3) is 0.192. The number of urea groups is 1. The van der Waals surface area contributed by atoms with Crippen LogP contribution in [0.1, 0.15) is 18.1 Å². The number of benzene rings is 3. The number of hydrogen-bond acceptors (Lipinski definition) is 5. The highest BCUT2D eigenvalue weighted by Gasteiger charge is 2.49. The Bertz CT molecular complexity index is 1460. The van der Waals surface area contributed by atoms with E-state index in [2.05, 4.69) is 10.6 Å². The Balaban J connectivity index is 1.38. The SMILES string of the molecule is COc1cc2c(cc1NC(=O)CN1C(=O)NC(C)(c3ccc(C)cc3)C1=O)oc1ccccc12. The van der Waals surface area contributed by atoms with E-state index in [0.717, 1.165) is 26.8 Å². The van der Waals surface area contributed by atoms with Gasteiger partial charge >= 0.3 is 6.03 Å². The highest BCUT2D eigenvalue weighted by molar-refractivity contribution is 6.11. The first kappa shape index (κ1) is 21.5. The van der Waals surface area contributed by atoms with Gasteiger partial charge < -0.3 is 19.8 Å². The molecule has 2 heterocycles. The Morgan fingerprint density at radius 3 is 2.53 bits per heavy atom. The number of fused-ring (bicyclic) bond motifs is 3. The van der Waals surface area contributed by atoms with Gasteiger partial charge in [-0.3, -0.25) is 14.5 Å². The van der Waals surface area contributed by atoms with Gasteiger partial charge in [0.05, 0.1) is 12.8 Å². The maximum absolute atomic E-state index is 13.1. The number of aryl methyl sites for hydroxylation is 1. The number of rotatable bonds is 5. The Labute approximate surface area is 195 Å². The van der Waals surface area contributed by atoms with Crippen LogP contribution < -0.4 is 15.4 Å². The predicted octanol–water partition coefficient (Wildman–Crippen LogP) is 4.31. The molecule has 8 nitrogen and oxygen atoms in total. The molecule has 172 valence electrons. The molecule has 0 radical (unpaired) electrons. The number of nitrogens with one attached hydrogen (secondary N) is 2. The molecular weight excluding hydrogens is 434 g/mol. The van der Waals surface area contributed by atoms with E-state index >= 15 is 0 Å². The Morgan fingerprint density at radius 1 is 1.06 bits per heavy atom. The van der Waals surface area contributed by atoms with Gasteiger partial charge in [0.25, 0.3) is 5.91 Å². The van der Waals surface area contributed by atoms with E-state index in [9.17, 15) is 14.4 Å². The summed E-state index contributed by atoms with van der Waals surface area (Å²) in [4.78, 5) is 39.5. The zero-order valence-electron chi connectivity index (χ0n) is 19.0. The standard InChI is InChI=1S/C26H23N3O5/c1-15-8-10-16(11-9-15)26(2)24(31)29(25(32)28-26)14-23(30)27-19-13-21-18(12-22(19)33-3)17-6-4-5-7-20(17)34-21/h4-13H,14H2,1-3H3,(H,27,30)(H,28,32). The van der Waals surface area contributed by atoms with E-state index in [1.165, 1.54) is 7.11 Å². The highest BCUT2D eigenvalue weighted by Crippen LogP contribution is 2.36. The lowest BCUT2D eigenvalue weighted by Crippen LogP contribution is -2.42. The summed E-state index contributed by atoms with van der Waals surface area (Å²) in [5, 5.41) is 7.25. The summed E-state index contributed by atoms with van der Waals surface area (Å²) in [5.41, 5.74) is 2.13. The smallest absolute Gasteiger partial charge is 0.325 e. The van der Waals surface area contributed by atoms with Crippen LogP contribution in [0.25, 0.3) is 21.9 Å². The third kappa shape index (κ3) is 3.44. The van der Waals surface area contributed by atoms with E-state index in [1.807, 2.05) is 43.3 Å². The van der Waals surface area contributed by atoms with E-state index < -0.39 is 29.9 Å². The normalized spacial score (nSPS) is 17.9. The van der Waals surface area contributed by atoms with Gasteiger partial charge in [0.1, 0.15) is 29.0 Å². The second kappa shape index (κ2) is 7.91. The number of imide groups is 1. The fourth-order valence-electron chi connectivity index (χ4n) is 4.27. The second-order valence-electron chi connectivity index (χ2n) is 8.51. The monoisotopic (exact) mass is 457 g/mol. The Morgan fingerprint density at radius 2 is 1.79 bits per heavy atom. The maximum Gasteiger partial charge on any atom is 0.325 e. The quantitative estimate of drug-likeness (QED) is 0.435. The molecule has 0 aliphatic carbocycles. The average molecular weight is 457 g/mol. The van der Waals surface area contributed by atoms with Gasteiger partial charge in [-0.15, -0.1) is 0 Å². The van der Waals surface area contributed by atoms with Gasteiger partial charge in [-0.05, 0) is 31.5 Å². The predicted molar refractivity (Wildman–Crippen MR) is 128 cm³/mol. The fourth-order valence-corrected chi connectivity index (χ4v) is 4.27. The van der Waals surface area contributed by atoms with Crippen molar-refractivity contribution in [3.63, 3.8) is 0 Å². The number of carbonyl (C=O) groups excluding carboxylic acids is 3. The number of carbonyl (C=O) groups is 3. The summed E-state index contributed by atoms with van der Waals surface area (Å²) in [6, 6.07) is 17.8. The number of hydrogen-bond donors (Lipinski definition) is 2. The lowest BCUT2D eigenvalue weighted by molar-refractivity contribution is -0.133. The van der Waals surface area contributed by atoms with E-state index in [-0.39, 0.29) is 0 Å². The molecule has 1 aromatic heterocycles. The summed E-state index contributed by atoms with van der Waals surface area (Å²) in [6.07, 6.45) is 0. The van der Waals surface area contributed by atoms with Gasteiger partial charge in [0, 0.05) is 16.8 Å². The third-order valence-electron chi connectivity index (χ3n) is 6.18. The molecule has 0 bridgehead atoms. The highest BCUT2D eigenvalue weighted by atomic mass is 16.5. The number of methoxy groups -OCH3 is 1. The zero-order chi connectivity index (χ0) is 24.0. The number of nitrogens with zero attached hydrogens (tertiary/aromatic N) is 1. The molecule has 1 aliphatic rings. The Kier molecular flexibility index (Phi) is 5.01. The maximum atomic E-state index is 13.1. The van der Waals surface area contributed by atoms with E-state index in [0.29, 0.717) is 22.6 Å². The van der Waals surface area contributed by atoms with Gasteiger partial charge in [-0.25, -0.2) is 4.79 Å². The van der Waals surface area contributed by atoms with Crippen molar-refractivity contribution in [2.45, 2.75) is 19.4 Å². The lowest BCUT2D eigenvalue weighted by atomic mass is 9.91. The molecule has 4 aromatic rings. The van der Waals surface area contributed by atoms with Crippen LogP contribution in [0.3, 0.4) is 0 Å². The van der Waals surface area contributed by atoms with Crippen molar-refractivity contribution >= 4 is 45.5 Å². The second-order valence-corrected chi connectivity index (χ2v) is 8.51. The minimum atomic E-state index is -1.24. The number of para-hydroxylation sites is 1. The minimum absolute atomic E-state index is 0.382. The number of furan rings is 1. The summed E-state index contributed by atoms with van der Waals surface area (Å²) in [7, 11) is 1.50. The largest absolute Gasteiger partial charge is 0.495 e. The molecule has 1 saturated heterocycles. The molecular formula is C26H23N3O5. The molecule has 1 fully saturated rings. The molecule has 1 aliphatic heterocycles. The first-order valence-electron chi connectivity index (χ1n) is 10.8. The summed E-state index contributed by atoms with van der Waals surface area (Å²) in [5.74, 6) is -0.587. The summed E-state index contributed by atoms with van der Waals surface area (Å²) < 4.78 is 11.4. The summed E-state index contributed by atoms with van der Waals surface area (Å²) in [6.45, 7) is 3.14. The average Bonchev–Trinajstić information content (AvgIpc) is 3.28. The van der Waals surface area contributed by atoms with Crippen LogP contribution in [0.15, 0.2) is 65.1 Å². The minimum Gasteiger partial charge on any atom is -0.495 e. The first-order valence-corrected chi connectivity index (χ1v) is 10.8. The number of anilines is 1. The molecule has 0 saturated carbocycles. The molecule has 4 amide bonds.